The van der Waals surface area contributed by atoms with Gasteiger partial charge in [0.15, 0.2) is 11.5 Å². The summed E-state index contributed by atoms with van der Waals surface area (Å²) in [6.07, 6.45) is 1.69. The SMILES string of the molecule is CCCOC(=O)c1nc2ccccc2nc1Nc1cccc(CC)c1. The second kappa shape index (κ2) is 7.75. The summed E-state index contributed by atoms with van der Waals surface area (Å²) >= 11 is 0. The molecule has 0 unspecified atom stereocenters. The van der Waals surface area contributed by atoms with Crippen molar-refractivity contribution in [1.29, 1.82) is 0 Å². The largest absolute Gasteiger partial charge is 0.461 e. The number of carbonyl (C=O) groups is 1. The van der Waals surface area contributed by atoms with Crippen LogP contribution in [0.4, 0.5) is 11.5 Å². The van der Waals surface area contributed by atoms with E-state index in [9.17, 15) is 4.79 Å². The van der Waals surface area contributed by atoms with Crippen LogP contribution >= 0.6 is 0 Å². The van der Waals surface area contributed by atoms with Crippen LogP contribution in [0.1, 0.15) is 36.3 Å². The monoisotopic (exact) mass is 335 g/mol. The summed E-state index contributed by atoms with van der Waals surface area (Å²) in [4.78, 5) is 21.5. The van der Waals surface area contributed by atoms with E-state index in [0.29, 0.717) is 17.9 Å². The maximum Gasteiger partial charge on any atom is 0.360 e. The van der Waals surface area contributed by atoms with Gasteiger partial charge in [-0.05, 0) is 42.7 Å². The average molecular weight is 335 g/mol. The van der Waals surface area contributed by atoms with Crippen LogP contribution in [0.15, 0.2) is 48.5 Å². The Balaban J connectivity index is 2.02. The van der Waals surface area contributed by atoms with Crippen molar-refractivity contribution in [1.82, 2.24) is 9.97 Å². The van der Waals surface area contributed by atoms with Crippen molar-refractivity contribution in [3.63, 3.8) is 0 Å². The van der Waals surface area contributed by atoms with E-state index in [1.165, 1.54) is 5.56 Å². The first kappa shape index (κ1) is 16.9. The Kier molecular flexibility index (Phi) is 5.23. The molecule has 5 nitrogen and oxygen atoms in total. The number of hydrogen-bond donors (Lipinski definition) is 1. The standard InChI is InChI=1S/C20H21N3O2/c1-3-12-25-20(24)18-19(21-15-9-7-8-14(4-2)13-15)23-17-11-6-5-10-16(17)22-18/h5-11,13H,3-4,12H2,1-2H3,(H,21,23). The minimum Gasteiger partial charge on any atom is -0.461 e. The summed E-state index contributed by atoms with van der Waals surface area (Å²) in [5.41, 5.74) is 3.67. The highest BCUT2D eigenvalue weighted by atomic mass is 16.5. The molecule has 0 spiro atoms. The first-order valence-corrected chi connectivity index (χ1v) is 8.51. The number of aryl methyl sites for hydroxylation is 1. The Hall–Kier alpha value is -2.95. The lowest BCUT2D eigenvalue weighted by molar-refractivity contribution is 0.0499. The maximum absolute atomic E-state index is 12.4. The maximum atomic E-state index is 12.4. The van der Waals surface area contributed by atoms with Crippen molar-refractivity contribution in [2.75, 3.05) is 11.9 Å². The van der Waals surface area contributed by atoms with Crippen LogP contribution in [0, 0.1) is 0 Å². The van der Waals surface area contributed by atoms with Crippen LogP contribution in [0.3, 0.4) is 0 Å². The van der Waals surface area contributed by atoms with E-state index < -0.39 is 5.97 Å². The van der Waals surface area contributed by atoms with Crippen LogP contribution in [-0.4, -0.2) is 22.5 Å². The predicted octanol–water partition coefficient (Wildman–Crippen LogP) is 4.50. The zero-order valence-corrected chi connectivity index (χ0v) is 14.5. The zero-order chi connectivity index (χ0) is 17.6. The molecule has 25 heavy (non-hydrogen) atoms. The second-order valence-electron chi connectivity index (χ2n) is 5.72. The molecule has 0 atom stereocenters. The van der Waals surface area contributed by atoms with Gasteiger partial charge >= 0.3 is 5.97 Å². The molecule has 0 bridgehead atoms. The molecule has 3 aromatic rings. The number of carbonyl (C=O) groups excluding carboxylic acids is 1. The highest BCUT2D eigenvalue weighted by molar-refractivity contribution is 5.96. The number of para-hydroxylation sites is 2. The fourth-order valence-corrected chi connectivity index (χ4v) is 2.50. The lowest BCUT2D eigenvalue weighted by atomic mass is 10.1. The van der Waals surface area contributed by atoms with Crippen LogP contribution < -0.4 is 5.32 Å². The van der Waals surface area contributed by atoms with Gasteiger partial charge in [0, 0.05) is 5.69 Å². The van der Waals surface area contributed by atoms with Gasteiger partial charge in [0.05, 0.1) is 17.6 Å². The molecule has 3 rings (SSSR count). The Morgan fingerprint density at radius 2 is 1.80 bits per heavy atom. The molecule has 1 aromatic heterocycles. The van der Waals surface area contributed by atoms with Crippen molar-refractivity contribution >= 4 is 28.5 Å². The van der Waals surface area contributed by atoms with E-state index in [1.54, 1.807) is 0 Å². The normalized spacial score (nSPS) is 10.6. The van der Waals surface area contributed by atoms with Gasteiger partial charge in [0.1, 0.15) is 0 Å². The highest BCUT2D eigenvalue weighted by Gasteiger charge is 2.18. The lowest BCUT2D eigenvalue weighted by Crippen LogP contribution is -2.13. The predicted molar refractivity (Wildman–Crippen MR) is 99.2 cm³/mol. The third-order valence-electron chi connectivity index (χ3n) is 3.80. The number of anilines is 2. The Labute approximate surface area is 147 Å². The Morgan fingerprint density at radius 1 is 1.04 bits per heavy atom. The summed E-state index contributed by atoms with van der Waals surface area (Å²) < 4.78 is 5.27. The van der Waals surface area contributed by atoms with Gasteiger partial charge in [-0.3, -0.25) is 0 Å². The Morgan fingerprint density at radius 3 is 2.52 bits per heavy atom. The molecule has 2 aromatic carbocycles. The number of nitrogens with zero attached hydrogens (tertiary/aromatic N) is 2. The summed E-state index contributed by atoms with van der Waals surface area (Å²) in [6.45, 7) is 4.41. The van der Waals surface area contributed by atoms with E-state index in [2.05, 4.69) is 28.3 Å². The molecule has 0 saturated heterocycles. The highest BCUT2D eigenvalue weighted by Crippen LogP contribution is 2.22. The number of aromatic nitrogens is 2. The van der Waals surface area contributed by atoms with Crippen LogP contribution in [0.5, 0.6) is 0 Å². The van der Waals surface area contributed by atoms with E-state index in [1.807, 2.05) is 49.4 Å². The number of ether oxygens (including phenoxy) is 1. The smallest absolute Gasteiger partial charge is 0.360 e. The van der Waals surface area contributed by atoms with Gasteiger partial charge in [0.2, 0.25) is 0 Å². The van der Waals surface area contributed by atoms with Crippen LogP contribution in [0.25, 0.3) is 11.0 Å². The van der Waals surface area contributed by atoms with Gasteiger partial charge in [-0.2, -0.15) is 0 Å². The molecular weight excluding hydrogens is 314 g/mol. The molecule has 128 valence electrons. The van der Waals surface area contributed by atoms with Gasteiger partial charge in [-0.25, -0.2) is 14.8 Å². The first-order chi connectivity index (χ1) is 12.2. The molecule has 0 aliphatic rings. The molecular formula is C20H21N3O2. The minimum atomic E-state index is -0.464. The van der Waals surface area contributed by atoms with Gasteiger partial charge < -0.3 is 10.1 Å². The third-order valence-corrected chi connectivity index (χ3v) is 3.80. The van der Waals surface area contributed by atoms with Crippen molar-refractivity contribution in [3.8, 4) is 0 Å². The van der Waals surface area contributed by atoms with E-state index in [0.717, 1.165) is 24.0 Å². The van der Waals surface area contributed by atoms with E-state index in [4.69, 9.17) is 4.74 Å². The third kappa shape index (κ3) is 3.94. The molecule has 1 N–H and O–H groups in total. The first-order valence-electron chi connectivity index (χ1n) is 8.51. The summed E-state index contributed by atoms with van der Waals surface area (Å²) in [5.74, 6) is -0.0534. The van der Waals surface area contributed by atoms with Gasteiger partial charge in [0.25, 0.3) is 0 Å². The molecule has 0 fully saturated rings. The summed E-state index contributed by atoms with van der Waals surface area (Å²) in [7, 11) is 0. The van der Waals surface area contributed by atoms with Crippen molar-refractivity contribution in [2.45, 2.75) is 26.7 Å². The lowest BCUT2D eigenvalue weighted by Gasteiger charge is -2.12. The topological polar surface area (TPSA) is 64.1 Å². The minimum absolute atomic E-state index is 0.203. The van der Waals surface area contributed by atoms with Gasteiger partial charge in [-0.15, -0.1) is 0 Å². The second-order valence-corrected chi connectivity index (χ2v) is 5.72. The number of rotatable bonds is 6. The Bertz CT molecular complexity index is 893. The molecule has 0 aliphatic carbocycles. The summed E-state index contributed by atoms with van der Waals surface area (Å²) in [5, 5.41) is 3.22. The van der Waals surface area contributed by atoms with E-state index in [-0.39, 0.29) is 5.69 Å². The number of fused-ring (bicyclic) bond motifs is 1. The van der Waals surface area contributed by atoms with Gasteiger partial charge in [-0.1, -0.05) is 38.1 Å². The average Bonchev–Trinajstić information content (AvgIpc) is 2.65. The molecule has 1 heterocycles. The fraction of sp³-hybridized carbons (Fsp3) is 0.250. The number of benzene rings is 2. The van der Waals surface area contributed by atoms with Crippen molar-refractivity contribution in [2.24, 2.45) is 0 Å². The molecule has 5 heteroatoms. The molecule has 0 aliphatic heterocycles. The summed E-state index contributed by atoms with van der Waals surface area (Å²) in [6, 6.07) is 15.5. The quantitative estimate of drug-likeness (QED) is 0.672. The number of hydrogen-bond acceptors (Lipinski definition) is 5. The zero-order valence-electron chi connectivity index (χ0n) is 14.5. The molecule has 0 amide bonds. The van der Waals surface area contributed by atoms with Crippen molar-refractivity contribution < 1.29 is 9.53 Å². The van der Waals surface area contributed by atoms with Crippen molar-refractivity contribution in [3.05, 3.63) is 59.8 Å². The van der Waals surface area contributed by atoms with Crippen LogP contribution in [0.2, 0.25) is 0 Å². The van der Waals surface area contributed by atoms with Crippen LogP contribution in [-0.2, 0) is 11.2 Å². The number of nitrogens with one attached hydrogen (secondary N) is 1. The molecule has 0 saturated carbocycles. The fourth-order valence-electron chi connectivity index (χ4n) is 2.50. The van der Waals surface area contributed by atoms with E-state index >= 15 is 0 Å². The molecule has 0 radical (unpaired) electrons. The number of esters is 1.